The van der Waals surface area contributed by atoms with Gasteiger partial charge in [-0.25, -0.2) is 19.6 Å². The molecule has 0 spiro atoms. The van der Waals surface area contributed by atoms with Crippen LogP contribution in [0.3, 0.4) is 0 Å². The predicted molar refractivity (Wildman–Crippen MR) is 121 cm³/mol. The topological polar surface area (TPSA) is 109 Å². The van der Waals surface area contributed by atoms with Gasteiger partial charge in [0.2, 0.25) is 0 Å². The molecule has 0 saturated carbocycles. The highest BCUT2D eigenvalue weighted by atomic mass is 16.3. The van der Waals surface area contributed by atoms with E-state index in [2.05, 4.69) is 44.0 Å². The first kappa shape index (κ1) is 19.7. The van der Waals surface area contributed by atoms with Crippen molar-refractivity contribution in [3.05, 3.63) is 47.9 Å². The SMILES string of the molecule is C[C@@H](O)c1nn(Cc2cc3ccccc3nc2N2CCN(C)CC2)c2ncnc(N)c12. The van der Waals surface area contributed by atoms with Crippen LogP contribution in [-0.2, 0) is 6.54 Å². The Kier molecular flexibility index (Phi) is 4.91. The molecule has 9 heteroatoms. The molecule has 1 aromatic carbocycles. The van der Waals surface area contributed by atoms with Gasteiger partial charge in [0.1, 0.15) is 23.7 Å². The number of rotatable bonds is 4. The Balaban J connectivity index is 1.63. The number of nitrogen functional groups attached to an aromatic ring is 1. The Morgan fingerprint density at radius 3 is 2.68 bits per heavy atom. The number of nitrogens with zero attached hydrogens (tertiary/aromatic N) is 7. The summed E-state index contributed by atoms with van der Waals surface area (Å²) in [6.45, 7) is 5.97. The lowest BCUT2D eigenvalue weighted by Crippen LogP contribution is -2.45. The monoisotopic (exact) mass is 418 g/mol. The number of aromatic nitrogens is 5. The molecule has 4 heterocycles. The Hall–Kier alpha value is -3.30. The summed E-state index contributed by atoms with van der Waals surface area (Å²) >= 11 is 0. The second kappa shape index (κ2) is 7.75. The number of aliphatic hydroxyl groups excluding tert-OH is 1. The van der Waals surface area contributed by atoms with E-state index in [0.717, 1.165) is 48.5 Å². The number of nitrogens with two attached hydrogens (primary N) is 1. The van der Waals surface area contributed by atoms with Crippen molar-refractivity contribution in [2.75, 3.05) is 43.9 Å². The zero-order valence-corrected chi connectivity index (χ0v) is 17.7. The van der Waals surface area contributed by atoms with Gasteiger partial charge in [0.25, 0.3) is 0 Å². The van der Waals surface area contributed by atoms with Crippen molar-refractivity contribution in [2.45, 2.75) is 19.6 Å². The number of benzene rings is 1. The third kappa shape index (κ3) is 3.55. The predicted octanol–water partition coefficient (Wildman–Crippen LogP) is 1.81. The molecule has 0 unspecified atom stereocenters. The van der Waals surface area contributed by atoms with Crippen molar-refractivity contribution < 1.29 is 5.11 Å². The van der Waals surface area contributed by atoms with Crippen LogP contribution >= 0.6 is 0 Å². The molecule has 1 atom stereocenters. The van der Waals surface area contributed by atoms with Crippen LogP contribution in [0.15, 0.2) is 36.7 Å². The van der Waals surface area contributed by atoms with Gasteiger partial charge in [-0.2, -0.15) is 5.10 Å². The quantitative estimate of drug-likeness (QED) is 0.516. The van der Waals surface area contributed by atoms with Gasteiger partial charge in [-0.05, 0) is 26.1 Å². The number of piperazine rings is 1. The molecule has 1 aliphatic heterocycles. The van der Waals surface area contributed by atoms with Gasteiger partial charge in [-0.15, -0.1) is 0 Å². The van der Waals surface area contributed by atoms with Crippen molar-refractivity contribution >= 4 is 33.6 Å². The van der Waals surface area contributed by atoms with E-state index in [0.29, 0.717) is 29.1 Å². The van der Waals surface area contributed by atoms with E-state index in [1.807, 2.05) is 18.2 Å². The van der Waals surface area contributed by atoms with E-state index in [4.69, 9.17) is 10.7 Å². The highest BCUT2D eigenvalue weighted by Gasteiger charge is 2.22. The van der Waals surface area contributed by atoms with E-state index in [9.17, 15) is 5.11 Å². The summed E-state index contributed by atoms with van der Waals surface area (Å²) in [5.41, 5.74) is 9.23. The summed E-state index contributed by atoms with van der Waals surface area (Å²) in [6.07, 6.45) is 0.658. The fourth-order valence-electron chi connectivity index (χ4n) is 4.18. The normalized spacial score (nSPS) is 16.3. The Labute approximate surface area is 180 Å². The molecule has 0 bridgehead atoms. The number of pyridine rings is 1. The third-order valence-electron chi connectivity index (χ3n) is 5.88. The molecule has 3 aromatic heterocycles. The van der Waals surface area contributed by atoms with Crippen LogP contribution < -0.4 is 10.6 Å². The molecule has 4 aromatic rings. The first-order valence-corrected chi connectivity index (χ1v) is 10.5. The third-order valence-corrected chi connectivity index (χ3v) is 5.88. The van der Waals surface area contributed by atoms with Gasteiger partial charge in [0.15, 0.2) is 5.65 Å². The number of para-hydroxylation sites is 1. The van der Waals surface area contributed by atoms with Crippen LogP contribution in [0.5, 0.6) is 0 Å². The summed E-state index contributed by atoms with van der Waals surface area (Å²) in [6, 6.07) is 10.3. The van der Waals surface area contributed by atoms with Crippen molar-refractivity contribution in [1.82, 2.24) is 29.6 Å². The molecule has 0 radical (unpaired) electrons. The number of hydrogen-bond donors (Lipinski definition) is 2. The first-order chi connectivity index (χ1) is 15.0. The van der Waals surface area contributed by atoms with E-state index in [1.165, 1.54) is 6.33 Å². The summed E-state index contributed by atoms with van der Waals surface area (Å²) in [7, 11) is 2.14. The molecule has 3 N–H and O–H groups in total. The summed E-state index contributed by atoms with van der Waals surface area (Å²) in [4.78, 5) is 18.2. The second-order valence-corrected chi connectivity index (χ2v) is 8.13. The number of likely N-dealkylation sites (N-methyl/N-ethyl adjacent to an activating group) is 1. The van der Waals surface area contributed by atoms with E-state index in [1.54, 1.807) is 11.6 Å². The fourth-order valence-corrected chi connectivity index (χ4v) is 4.18. The summed E-state index contributed by atoms with van der Waals surface area (Å²) in [5, 5.41) is 16.6. The molecule has 0 aliphatic carbocycles. The minimum Gasteiger partial charge on any atom is -0.387 e. The van der Waals surface area contributed by atoms with Gasteiger partial charge in [0.05, 0.1) is 23.6 Å². The zero-order valence-electron chi connectivity index (χ0n) is 17.7. The molecule has 1 fully saturated rings. The van der Waals surface area contributed by atoms with Crippen LogP contribution in [0.1, 0.15) is 24.3 Å². The summed E-state index contributed by atoms with van der Waals surface area (Å²) < 4.78 is 1.79. The van der Waals surface area contributed by atoms with Crippen molar-refractivity contribution in [3.63, 3.8) is 0 Å². The lowest BCUT2D eigenvalue weighted by molar-refractivity contribution is 0.194. The molecule has 31 heavy (non-hydrogen) atoms. The maximum absolute atomic E-state index is 10.2. The molecule has 160 valence electrons. The Bertz CT molecular complexity index is 1240. The fraction of sp³-hybridized carbons (Fsp3) is 0.364. The van der Waals surface area contributed by atoms with Gasteiger partial charge in [-0.3, -0.25) is 0 Å². The highest BCUT2D eigenvalue weighted by molar-refractivity contribution is 5.88. The molecule has 9 nitrogen and oxygen atoms in total. The first-order valence-electron chi connectivity index (χ1n) is 10.5. The second-order valence-electron chi connectivity index (χ2n) is 8.13. The molecular formula is C22H26N8O. The average Bonchev–Trinajstić information content (AvgIpc) is 3.14. The number of hydrogen-bond acceptors (Lipinski definition) is 8. The summed E-state index contributed by atoms with van der Waals surface area (Å²) in [5.74, 6) is 1.29. The van der Waals surface area contributed by atoms with Crippen LogP contribution in [-0.4, -0.2) is 68.0 Å². The van der Waals surface area contributed by atoms with E-state index < -0.39 is 6.10 Å². The number of aliphatic hydroxyl groups is 1. The van der Waals surface area contributed by atoms with Crippen LogP contribution in [0, 0.1) is 0 Å². The molecular weight excluding hydrogens is 392 g/mol. The van der Waals surface area contributed by atoms with Gasteiger partial charge >= 0.3 is 0 Å². The molecule has 1 saturated heterocycles. The lowest BCUT2D eigenvalue weighted by Gasteiger charge is -2.34. The average molecular weight is 419 g/mol. The minimum atomic E-state index is -0.774. The maximum atomic E-state index is 10.2. The van der Waals surface area contributed by atoms with Crippen LogP contribution in [0.2, 0.25) is 0 Å². The van der Waals surface area contributed by atoms with Crippen LogP contribution in [0.25, 0.3) is 21.9 Å². The lowest BCUT2D eigenvalue weighted by atomic mass is 10.1. The number of fused-ring (bicyclic) bond motifs is 2. The zero-order chi connectivity index (χ0) is 21.5. The van der Waals surface area contributed by atoms with Crippen molar-refractivity contribution in [1.29, 1.82) is 0 Å². The van der Waals surface area contributed by atoms with Gasteiger partial charge in [0, 0.05) is 37.1 Å². The largest absolute Gasteiger partial charge is 0.387 e. The maximum Gasteiger partial charge on any atom is 0.164 e. The Morgan fingerprint density at radius 1 is 1.13 bits per heavy atom. The minimum absolute atomic E-state index is 0.322. The smallest absolute Gasteiger partial charge is 0.164 e. The molecule has 1 aliphatic rings. The van der Waals surface area contributed by atoms with Crippen molar-refractivity contribution in [3.8, 4) is 0 Å². The standard InChI is InChI=1S/C22H26N8O/c1-14(31)19-18-20(23)24-13-25-22(18)30(27-19)12-16-11-15-5-3-4-6-17(15)26-21(16)29-9-7-28(2)8-10-29/h3-6,11,13-14,31H,7-10,12H2,1-2H3,(H2,23,24,25)/t14-/m1/s1. The number of anilines is 2. The molecule has 0 amide bonds. The molecule has 5 rings (SSSR count). The van der Waals surface area contributed by atoms with E-state index in [-0.39, 0.29) is 0 Å². The Morgan fingerprint density at radius 2 is 1.90 bits per heavy atom. The van der Waals surface area contributed by atoms with Gasteiger partial charge in [-0.1, -0.05) is 18.2 Å². The highest BCUT2D eigenvalue weighted by Crippen LogP contribution is 2.29. The van der Waals surface area contributed by atoms with E-state index >= 15 is 0 Å². The van der Waals surface area contributed by atoms with Crippen molar-refractivity contribution in [2.24, 2.45) is 0 Å². The van der Waals surface area contributed by atoms with Crippen LogP contribution in [0.4, 0.5) is 11.6 Å². The van der Waals surface area contributed by atoms with Gasteiger partial charge < -0.3 is 20.6 Å².